The first-order valence-electron chi connectivity index (χ1n) is 5.03. The van der Waals surface area contributed by atoms with E-state index in [0.717, 1.165) is 11.6 Å². The maximum absolute atomic E-state index is 5.18. The van der Waals surface area contributed by atoms with E-state index >= 15 is 0 Å². The third-order valence-corrected chi connectivity index (χ3v) is 3.06. The zero-order chi connectivity index (χ0) is 11.3. The standard InChI is InChI=1S/C10H17N3S2/c1-7(2)6-12-10(14)13-8(3)9-11-4-5-15-9/h4-5,7-8H,6H2,1-3H3,(H2,12,13,14). The number of aromatic nitrogens is 1. The number of nitrogens with zero attached hydrogens (tertiary/aromatic N) is 1. The van der Waals surface area contributed by atoms with Crippen LogP contribution >= 0.6 is 23.6 Å². The molecule has 3 nitrogen and oxygen atoms in total. The third-order valence-electron chi connectivity index (χ3n) is 1.84. The molecule has 0 saturated heterocycles. The summed E-state index contributed by atoms with van der Waals surface area (Å²) in [5.41, 5.74) is 0. The summed E-state index contributed by atoms with van der Waals surface area (Å²) in [6, 6.07) is 0.178. The Morgan fingerprint density at radius 1 is 1.53 bits per heavy atom. The Bertz CT molecular complexity index is 296. The molecule has 1 atom stereocenters. The molecule has 1 heterocycles. The minimum absolute atomic E-state index is 0.178. The molecule has 1 unspecified atom stereocenters. The van der Waals surface area contributed by atoms with Crippen LogP contribution in [0.15, 0.2) is 11.6 Å². The maximum Gasteiger partial charge on any atom is 0.166 e. The lowest BCUT2D eigenvalue weighted by molar-refractivity contribution is 0.608. The average Bonchev–Trinajstić information content (AvgIpc) is 2.67. The van der Waals surface area contributed by atoms with E-state index in [1.807, 2.05) is 11.6 Å². The molecule has 0 aliphatic carbocycles. The predicted octanol–water partition coefficient (Wildman–Crippen LogP) is 2.32. The van der Waals surface area contributed by atoms with Gasteiger partial charge in [-0.25, -0.2) is 4.98 Å². The molecule has 84 valence electrons. The number of hydrogen-bond acceptors (Lipinski definition) is 3. The summed E-state index contributed by atoms with van der Waals surface area (Å²) in [6.07, 6.45) is 1.81. The molecule has 1 rings (SSSR count). The van der Waals surface area contributed by atoms with Crippen molar-refractivity contribution in [2.24, 2.45) is 5.92 Å². The van der Waals surface area contributed by atoms with Crippen molar-refractivity contribution < 1.29 is 0 Å². The van der Waals surface area contributed by atoms with Gasteiger partial charge < -0.3 is 10.6 Å². The van der Waals surface area contributed by atoms with Gasteiger partial charge >= 0.3 is 0 Å². The van der Waals surface area contributed by atoms with Gasteiger partial charge in [-0.1, -0.05) is 13.8 Å². The zero-order valence-corrected chi connectivity index (χ0v) is 10.9. The minimum Gasteiger partial charge on any atom is -0.362 e. The molecule has 0 spiro atoms. The van der Waals surface area contributed by atoms with Gasteiger partial charge in [0.2, 0.25) is 0 Å². The summed E-state index contributed by atoms with van der Waals surface area (Å²) in [5, 5.41) is 10.1. The molecule has 0 aliphatic rings. The Hall–Kier alpha value is -0.680. The molecule has 0 fully saturated rings. The van der Waals surface area contributed by atoms with Crippen LogP contribution in [0.1, 0.15) is 31.8 Å². The van der Waals surface area contributed by atoms with Crippen molar-refractivity contribution in [3.05, 3.63) is 16.6 Å². The van der Waals surface area contributed by atoms with Crippen molar-refractivity contribution in [1.82, 2.24) is 15.6 Å². The van der Waals surface area contributed by atoms with Gasteiger partial charge in [0.1, 0.15) is 5.01 Å². The molecule has 0 aliphatic heterocycles. The number of nitrogens with one attached hydrogen (secondary N) is 2. The molecule has 0 aromatic carbocycles. The largest absolute Gasteiger partial charge is 0.362 e. The van der Waals surface area contributed by atoms with Crippen LogP contribution in [0, 0.1) is 5.92 Å². The van der Waals surface area contributed by atoms with E-state index in [1.54, 1.807) is 11.3 Å². The Morgan fingerprint density at radius 2 is 2.27 bits per heavy atom. The Morgan fingerprint density at radius 3 is 2.80 bits per heavy atom. The molecule has 5 heteroatoms. The van der Waals surface area contributed by atoms with Gasteiger partial charge in [-0.3, -0.25) is 0 Å². The summed E-state index contributed by atoms with van der Waals surface area (Å²) >= 11 is 6.81. The third kappa shape index (κ3) is 4.57. The van der Waals surface area contributed by atoms with Gasteiger partial charge in [-0.2, -0.15) is 0 Å². The Labute approximate surface area is 100 Å². The van der Waals surface area contributed by atoms with E-state index < -0.39 is 0 Å². The lowest BCUT2D eigenvalue weighted by Crippen LogP contribution is -2.38. The van der Waals surface area contributed by atoms with Gasteiger partial charge in [-0.15, -0.1) is 11.3 Å². The molecular formula is C10H17N3S2. The first-order valence-corrected chi connectivity index (χ1v) is 6.32. The highest BCUT2D eigenvalue weighted by molar-refractivity contribution is 7.80. The number of rotatable bonds is 4. The lowest BCUT2D eigenvalue weighted by atomic mass is 10.2. The van der Waals surface area contributed by atoms with E-state index in [0.29, 0.717) is 11.0 Å². The summed E-state index contributed by atoms with van der Waals surface area (Å²) in [6.45, 7) is 7.26. The monoisotopic (exact) mass is 243 g/mol. The molecule has 15 heavy (non-hydrogen) atoms. The maximum atomic E-state index is 5.18. The van der Waals surface area contributed by atoms with Gasteiger partial charge in [0.15, 0.2) is 5.11 Å². The van der Waals surface area contributed by atoms with Crippen LogP contribution in [0.25, 0.3) is 0 Å². The van der Waals surface area contributed by atoms with Crippen molar-refractivity contribution in [3.8, 4) is 0 Å². The second-order valence-corrected chi connectivity index (χ2v) is 5.17. The highest BCUT2D eigenvalue weighted by atomic mass is 32.1. The molecule has 2 N–H and O–H groups in total. The minimum atomic E-state index is 0.178. The second kappa shape index (κ2) is 6.02. The van der Waals surface area contributed by atoms with Crippen LogP contribution < -0.4 is 10.6 Å². The quantitative estimate of drug-likeness (QED) is 0.796. The van der Waals surface area contributed by atoms with Crippen LogP contribution in [0.4, 0.5) is 0 Å². The first-order chi connectivity index (χ1) is 7.09. The smallest absolute Gasteiger partial charge is 0.166 e. The molecule has 0 radical (unpaired) electrons. The van der Waals surface area contributed by atoms with E-state index in [-0.39, 0.29) is 6.04 Å². The predicted molar refractivity (Wildman–Crippen MR) is 69.1 cm³/mol. The highest BCUT2D eigenvalue weighted by Crippen LogP contribution is 2.14. The summed E-state index contributed by atoms with van der Waals surface area (Å²) < 4.78 is 0. The van der Waals surface area contributed by atoms with Crippen LogP contribution in [0.2, 0.25) is 0 Å². The summed E-state index contributed by atoms with van der Waals surface area (Å²) in [7, 11) is 0. The van der Waals surface area contributed by atoms with Gasteiger partial charge in [0.25, 0.3) is 0 Å². The fourth-order valence-electron chi connectivity index (χ4n) is 1.05. The van der Waals surface area contributed by atoms with Crippen molar-refractivity contribution in [2.45, 2.75) is 26.8 Å². The second-order valence-electron chi connectivity index (χ2n) is 3.84. The van der Waals surface area contributed by atoms with Gasteiger partial charge in [-0.05, 0) is 25.1 Å². The molecular weight excluding hydrogens is 226 g/mol. The highest BCUT2D eigenvalue weighted by Gasteiger charge is 2.08. The van der Waals surface area contributed by atoms with Crippen LogP contribution in [0.3, 0.4) is 0 Å². The first kappa shape index (κ1) is 12.4. The summed E-state index contributed by atoms with van der Waals surface area (Å²) in [4.78, 5) is 4.23. The van der Waals surface area contributed by atoms with Gasteiger partial charge in [0.05, 0.1) is 6.04 Å². The van der Waals surface area contributed by atoms with Crippen molar-refractivity contribution >= 4 is 28.7 Å². The number of hydrogen-bond donors (Lipinski definition) is 2. The molecule has 0 amide bonds. The fraction of sp³-hybridized carbons (Fsp3) is 0.600. The number of thiocarbonyl (C=S) groups is 1. The molecule has 0 saturated carbocycles. The fourth-order valence-corrected chi connectivity index (χ4v) is 1.96. The normalized spacial score (nSPS) is 12.5. The molecule has 0 bridgehead atoms. The van der Waals surface area contributed by atoms with E-state index in [9.17, 15) is 0 Å². The molecule has 1 aromatic rings. The molecule has 1 aromatic heterocycles. The van der Waals surface area contributed by atoms with Crippen molar-refractivity contribution in [3.63, 3.8) is 0 Å². The van der Waals surface area contributed by atoms with E-state index in [4.69, 9.17) is 12.2 Å². The topological polar surface area (TPSA) is 37.0 Å². The summed E-state index contributed by atoms with van der Waals surface area (Å²) in [5.74, 6) is 0.597. The zero-order valence-electron chi connectivity index (χ0n) is 9.28. The number of thiazole rings is 1. The SMILES string of the molecule is CC(C)CNC(=S)NC(C)c1nccs1. The lowest BCUT2D eigenvalue weighted by Gasteiger charge is -2.15. The van der Waals surface area contributed by atoms with Crippen LogP contribution in [-0.4, -0.2) is 16.6 Å². The average molecular weight is 243 g/mol. The van der Waals surface area contributed by atoms with Crippen LogP contribution in [-0.2, 0) is 0 Å². The van der Waals surface area contributed by atoms with Crippen molar-refractivity contribution in [1.29, 1.82) is 0 Å². The van der Waals surface area contributed by atoms with Crippen molar-refractivity contribution in [2.75, 3.05) is 6.54 Å². The van der Waals surface area contributed by atoms with E-state index in [1.165, 1.54) is 0 Å². The Kier molecular flexibility index (Phi) is 4.98. The van der Waals surface area contributed by atoms with Gasteiger partial charge in [0, 0.05) is 18.1 Å². The van der Waals surface area contributed by atoms with E-state index in [2.05, 4.69) is 36.4 Å². The van der Waals surface area contributed by atoms with Crippen LogP contribution in [0.5, 0.6) is 0 Å². The Balaban J connectivity index is 2.32.